The van der Waals surface area contributed by atoms with E-state index >= 15 is 0 Å². The SMILES string of the molecule is Oc1ccccc1C(=C1SC2=C(SCCS2)S1)C(=C1SC2=C(SCCS2)S1)c1ccccc1O. The van der Waals surface area contributed by atoms with Crippen LogP contribution in [-0.4, -0.2) is 33.2 Å². The van der Waals surface area contributed by atoms with Crippen molar-refractivity contribution in [2.45, 2.75) is 0 Å². The highest BCUT2D eigenvalue weighted by Gasteiger charge is 2.34. The standard InChI is InChI=1S/C24H18O2S8/c25-15-7-3-1-5-13(15)17(19-31-21-22(32-19)28-10-9-27-21)18(14-6-2-4-8-16(14)26)20-33-23-24(34-20)30-12-11-29-23/h1-8,25-26H,9-12H2. The molecule has 2 aromatic rings. The summed E-state index contributed by atoms with van der Waals surface area (Å²) in [7, 11) is 0. The van der Waals surface area contributed by atoms with Crippen molar-refractivity contribution in [1.82, 2.24) is 0 Å². The minimum Gasteiger partial charge on any atom is -0.507 e. The van der Waals surface area contributed by atoms with Crippen molar-refractivity contribution in [3.63, 3.8) is 0 Å². The molecule has 0 atom stereocenters. The molecule has 10 heteroatoms. The molecule has 0 aromatic heterocycles. The Hall–Kier alpha value is -0.200. The summed E-state index contributed by atoms with van der Waals surface area (Å²) in [6.45, 7) is 0. The van der Waals surface area contributed by atoms with Crippen LogP contribution in [0.15, 0.2) is 74.0 Å². The fraction of sp³-hybridized carbons (Fsp3) is 0.167. The van der Waals surface area contributed by atoms with Crippen molar-refractivity contribution in [3.05, 3.63) is 85.1 Å². The summed E-state index contributed by atoms with van der Waals surface area (Å²) in [4.78, 5) is 0. The summed E-state index contributed by atoms with van der Waals surface area (Å²) < 4.78 is 7.79. The van der Waals surface area contributed by atoms with Crippen LogP contribution in [0, 0.1) is 0 Å². The predicted molar refractivity (Wildman–Crippen MR) is 164 cm³/mol. The fourth-order valence-corrected chi connectivity index (χ4v) is 15.8. The number of para-hydroxylation sites is 2. The number of phenols is 2. The zero-order valence-electron chi connectivity index (χ0n) is 17.6. The summed E-state index contributed by atoms with van der Waals surface area (Å²) in [5.74, 6) is 5.03. The summed E-state index contributed by atoms with van der Waals surface area (Å²) in [6, 6.07) is 15.2. The molecule has 0 amide bonds. The maximum absolute atomic E-state index is 11.0. The topological polar surface area (TPSA) is 40.5 Å². The molecule has 0 saturated heterocycles. The van der Waals surface area contributed by atoms with E-state index in [1.165, 1.54) is 25.4 Å². The normalized spacial score (nSPS) is 20.0. The van der Waals surface area contributed by atoms with Gasteiger partial charge in [-0.05, 0) is 12.1 Å². The summed E-state index contributed by atoms with van der Waals surface area (Å²) in [5, 5.41) is 22.0. The monoisotopic (exact) mass is 594 g/mol. The molecule has 2 aromatic carbocycles. The van der Waals surface area contributed by atoms with Gasteiger partial charge >= 0.3 is 0 Å². The van der Waals surface area contributed by atoms with Crippen LogP contribution in [-0.2, 0) is 0 Å². The summed E-state index contributed by atoms with van der Waals surface area (Å²) in [6.07, 6.45) is 0. The molecule has 34 heavy (non-hydrogen) atoms. The molecule has 0 radical (unpaired) electrons. The Morgan fingerprint density at radius 2 is 0.824 bits per heavy atom. The van der Waals surface area contributed by atoms with Crippen LogP contribution >= 0.6 is 94.1 Å². The van der Waals surface area contributed by atoms with Gasteiger partial charge in [0.25, 0.3) is 0 Å². The number of thioether (sulfide) groups is 8. The lowest BCUT2D eigenvalue weighted by Crippen LogP contribution is -1.96. The van der Waals surface area contributed by atoms with Crippen molar-refractivity contribution in [3.8, 4) is 11.5 Å². The van der Waals surface area contributed by atoms with Gasteiger partial charge in [0.05, 0.1) is 25.4 Å². The molecule has 4 heterocycles. The van der Waals surface area contributed by atoms with Crippen LogP contribution < -0.4 is 0 Å². The molecule has 4 aliphatic rings. The van der Waals surface area contributed by atoms with Gasteiger partial charge in [-0.25, -0.2) is 0 Å². The van der Waals surface area contributed by atoms with Gasteiger partial charge in [0.1, 0.15) is 11.5 Å². The fourth-order valence-electron chi connectivity index (χ4n) is 3.70. The van der Waals surface area contributed by atoms with E-state index in [0.717, 1.165) is 45.3 Å². The number of rotatable bonds is 3. The van der Waals surface area contributed by atoms with Gasteiger partial charge in [-0.3, -0.25) is 0 Å². The first-order valence-corrected chi connectivity index (χ1v) is 17.7. The minimum absolute atomic E-state index is 0.263. The third kappa shape index (κ3) is 4.74. The van der Waals surface area contributed by atoms with E-state index in [9.17, 15) is 10.2 Å². The second-order valence-corrected chi connectivity index (χ2v) is 17.4. The molecule has 2 N–H and O–H groups in total. The Labute approximate surface area is 233 Å². The summed E-state index contributed by atoms with van der Waals surface area (Å²) in [5.41, 5.74) is 3.64. The van der Waals surface area contributed by atoms with Gasteiger partial charge in [-0.2, -0.15) is 0 Å². The van der Waals surface area contributed by atoms with Crippen LogP contribution in [0.3, 0.4) is 0 Å². The van der Waals surface area contributed by atoms with Crippen LogP contribution in [0.4, 0.5) is 0 Å². The highest BCUT2D eigenvalue weighted by molar-refractivity contribution is 8.42. The molecule has 6 rings (SSSR count). The molecule has 0 aliphatic carbocycles. The average molecular weight is 595 g/mol. The molecule has 2 nitrogen and oxygen atoms in total. The first kappa shape index (κ1) is 24.2. The molecule has 0 spiro atoms. The smallest absolute Gasteiger partial charge is 0.123 e. The maximum Gasteiger partial charge on any atom is 0.123 e. The van der Waals surface area contributed by atoms with Gasteiger partial charge in [-0.1, -0.05) is 83.4 Å². The second-order valence-electron chi connectivity index (χ2n) is 7.31. The van der Waals surface area contributed by atoms with E-state index in [4.69, 9.17) is 0 Å². The van der Waals surface area contributed by atoms with E-state index < -0.39 is 0 Å². The summed E-state index contributed by atoms with van der Waals surface area (Å²) >= 11 is 15.0. The van der Waals surface area contributed by atoms with E-state index in [-0.39, 0.29) is 11.5 Å². The number of hydrogen-bond donors (Lipinski definition) is 2. The Morgan fingerprint density at radius 1 is 0.500 bits per heavy atom. The van der Waals surface area contributed by atoms with Gasteiger partial charge in [0, 0.05) is 45.3 Å². The lowest BCUT2D eigenvalue weighted by molar-refractivity contribution is 0.472. The van der Waals surface area contributed by atoms with E-state index in [1.54, 1.807) is 12.1 Å². The lowest BCUT2D eigenvalue weighted by Gasteiger charge is -2.20. The van der Waals surface area contributed by atoms with Crippen LogP contribution in [0.25, 0.3) is 11.1 Å². The molecule has 0 fully saturated rings. The minimum atomic E-state index is 0.263. The maximum atomic E-state index is 11.0. The Kier molecular flexibility index (Phi) is 7.57. The number of benzene rings is 2. The van der Waals surface area contributed by atoms with Gasteiger partial charge < -0.3 is 10.2 Å². The van der Waals surface area contributed by atoms with Crippen molar-refractivity contribution in [2.24, 2.45) is 0 Å². The largest absolute Gasteiger partial charge is 0.507 e. The first-order valence-electron chi connectivity index (χ1n) is 10.5. The Bertz CT molecular complexity index is 1150. The van der Waals surface area contributed by atoms with Crippen molar-refractivity contribution < 1.29 is 10.2 Å². The van der Waals surface area contributed by atoms with Gasteiger partial charge in [-0.15, -0.1) is 47.0 Å². The number of allylic oxidation sites excluding steroid dienone is 2. The molecular formula is C24H18O2S8. The molecule has 0 unspecified atom stereocenters. The van der Waals surface area contributed by atoms with Crippen LogP contribution in [0.2, 0.25) is 0 Å². The van der Waals surface area contributed by atoms with E-state index in [1.807, 2.05) is 130 Å². The third-order valence-corrected chi connectivity index (χ3v) is 16.8. The molecular weight excluding hydrogens is 577 g/mol. The predicted octanol–water partition coefficient (Wildman–Crippen LogP) is 9.31. The van der Waals surface area contributed by atoms with Crippen molar-refractivity contribution in [1.29, 1.82) is 0 Å². The first-order chi connectivity index (χ1) is 16.7. The highest BCUT2D eigenvalue weighted by atomic mass is 32.3. The molecule has 174 valence electrons. The third-order valence-electron chi connectivity index (χ3n) is 5.18. The zero-order valence-corrected chi connectivity index (χ0v) is 24.1. The average Bonchev–Trinajstić information content (AvgIpc) is 3.48. The number of hydrogen-bond acceptors (Lipinski definition) is 10. The quantitative estimate of drug-likeness (QED) is 0.359. The van der Waals surface area contributed by atoms with Gasteiger partial charge in [0.2, 0.25) is 0 Å². The number of phenolic OH excluding ortho intramolecular Hbond substituents is 2. The van der Waals surface area contributed by atoms with Gasteiger partial charge in [0.15, 0.2) is 0 Å². The zero-order chi connectivity index (χ0) is 23.1. The van der Waals surface area contributed by atoms with Crippen LogP contribution in [0.1, 0.15) is 11.1 Å². The van der Waals surface area contributed by atoms with Crippen LogP contribution in [0.5, 0.6) is 11.5 Å². The van der Waals surface area contributed by atoms with E-state index in [0.29, 0.717) is 0 Å². The highest BCUT2D eigenvalue weighted by Crippen LogP contribution is 2.66. The van der Waals surface area contributed by atoms with Crippen molar-refractivity contribution in [2.75, 3.05) is 23.0 Å². The lowest BCUT2D eigenvalue weighted by atomic mass is 9.93. The Balaban J connectivity index is 1.58. The van der Waals surface area contributed by atoms with Crippen molar-refractivity contribution >= 4 is 105 Å². The molecule has 0 saturated carbocycles. The van der Waals surface area contributed by atoms with E-state index in [2.05, 4.69) is 0 Å². The number of aromatic hydroxyl groups is 2. The molecule has 4 aliphatic heterocycles. The second kappa shape index (κ2) is 10.7. The molecule has 0 bridgehead atoms. The Morgan fingerprint density at radius 3 is 1.15 bits per heavy atom.